The molecule has 0 saturated carbocycles. The summed E-state index contributed by atoms with van der Waals surface area (Å²) in [6.07, 6.45) is 1.17. The second kappa shape index (κ2) is 11.3. The Balaban J connectivity index is 1.56. The van der Waals surface area contributed by atoms with Crippen LogP contribution in [0.2, 0.25) is 5.02 Å². The summed E-state index contributed by atoms with van der Waals surface area (Å²) in [6, 6.07) is 17.8. The zero-order valence-corrected chi connectivity index (χ0v) is 22.2. The molecule has 7 nitrogen and oxygen atoms in total. The van der Waals surface area contributed by atoms with Crippen LogP contribution in [-0.2, 0) is 28.1 Å². The summed E-state index contributed by atoms with van der Waals surface area (Å²) in [5.74, 6) is -0.949. The van der Waals surface area contributed by atoms with Gasteiger partial charge in [-0.15, -0.1) is 11.3 Å². The number of carbonyl (C=O) groups excluding carboxylic acids is 1. The first kappa shape index (κ1) is 26.6. The van der Waals surface area contributed by atoms with Crippen molar-refractivity contribution in [1.82, 2.24) is 10.3 Å². The van der Waals surface area contributed by atoms with Gasteiger partial charge in [-0.2, -0.15) is 0 Å². The van der Waals surface area contributed by atoms with Crippen molar-refractivity contribution in [2.45, 2.75) is 45.4 Å². The molecule has 0 spiro atoms. The number of aryl methyl sites for hydroxylation is 1. The normalized spacial score (nSPS) is 12.9. The second-order valence-corrected chi connectivity index (χ2v) is 10.5. The number of aromatic nitrogens is 1. The highest BCUT2D eigenvalue weighted by molar-refractivity contribution is 7.15. The van der Waals surface area contributed by atoms with Gasteiger partial charge in [-0.3, -0.25) is 4.79 Å². The van der Waals surface area contributed by atoms with E-state index in [1.807, 2.05) is 31.2 Å². The van der Waals surface area contributed by atoms with Crippen LogP contribution in [0.1, 0.15) is 46.1 Å². The maximum Gasteiger partial charge on any atom is 0.341 e. The molecular formula is C28H27ClN2O5S. The molecule has 2 heterocycles. The number of benzene rings is 2. The van der Waals surface area contributed by atoms with Crippen molar-refractivity contribution in [2.24, 2.45) is 0 Å². The van der Waals surface area contributed by atoms with Crippen LogP contribution in [0.25, 0.3) is 10.6 Å². The fourth-order valence-corrected chi connectivity index (χ4v) is 5.31. The summed E-state index contributed by atoms with van der Waals surface area (Å²) in [5.41, 5.74) is 0.638. The van der Waals surface area contributed by atoms with E-state index in [0.717, 1.165) is 16.0 Å². The topological polar surface area (TPSA) is 102 Å². The number of halogens is 1. The quantitative estimate of drug-likeness (QED) is 0.248. The Morgan fingerprint density at radius 1 is 1.16 bits per heavy atom. The van der Waals surface area contributed by atoms with Gasteiger partial charge < -0.3 is 19.6 Å². The van der Waals surface area contributed by atoms with Crippen molar-refractivity contribution in [3.05, 3.63) is 99.4 Å². The van der Waals surface area contributed by atoms with Gasteiger partial charge in [-0.1, -0.05) is 54.1 Å². The first-order chi connectivity index (χ1) is 17.7. The van der Waals surface area contributed by atoms with Crippen LogP contribution in [0.3, 0.4) is 0 Å². The average Bonchev–Trinajstić information content (AvgIpc) is 3.51. The van der Waals surface area contributed by atoms with Gasteiger partial charge in [0.05, 0.1) is 23.8 Å². The van der Waals surface area contributed by atoms with Crippen LogP contribution >= 0.6 is 22.9 Å². The van der Waals surface area contributed by atoms with Crippen LogP contribution in [-0.4, -0.2) is 28.1 Å². The monoisotopic (exact) mass is 538 g/mol. The van der Waals surface area contributed by atoms with Gasteiger partial charge >= 0.3 is 5.97 Å². The number of carbonyl (C=O) groups is 2. The van der Waals surface area contributed by atoms with Crippen LogP contribution in [0.5, 0.6) is 0 Å². The van der Waals surface area contributed by atoms with Crippen LogP contribution in [0, 0.1) is 6.92 Å². The molecule has 2 aromatic heterocycles. The number of hydrogen-bond donors (Lipinski definition) is 2. The third-order valence-corrected chi connectivity index (χ3v) is 7.08. The number of aliphatic carboxylic acids is 1. The van der Waals surface area contributed by atoms with E-state index in [1.54, 1.807) is 50.2 Å². The van der Waals surface area contributed by atoms with Gasteiger partial charge in [0.25, 0.3) is 5.91 Å². The van der Waals surface area contributed by atoms with Gasteiger partial charge in [-0.05, 0) is 50.1 Å². The van der Waals surface area contributed by atoms with E-state index in [-0.39, 0.29) is 25.0 Å². The van der Waals surface area contributed by atoms with Gasteiger partial charge in [0.1, 0.15) is 16.5 Å². The number of nitrogens with zero attached hydrogens (tertiary/aromatic N) is 1. The minimum atomic E-state index is -1.65. The molecule has 1 amide bonds. The van der Waals surface area contributed by atoms with E-state index in [2.05, 4.69) is 10.3 Å². The zero-order valence-electron chi connectivity index (χ0n) is 20.7. The number of ether oxygens (including phenoxy) is 1. The van der Waals surface area contributed by atoms with Crippen molar-refractivity contribution >= 4 is 34.8 Å². The summed E-state index contributed by atoms with van der Waals surface area (Å²) in [5, 5.41) is 14.4. The highest BCUT2D eigenvalue weighted by Gasteiger charge is 2.44. The lowest BCUT2D eigenvalue weighted by atomic mass is 9.87. The SMILES string of the molecule is Cc1sc(-c2ccccc2Cl)nc1C(=O)NCc1cccc(C(Cc2ccco2)(OC(C)C)C(=O)O)c1. The van der Waals surface area contributed by atoms with E-state index in [1.165, 1.54) is 17.6 Å². The van der Waals surface area contributed by atoms with Crippen LogP contribution in [0.4, 0.5) is 0 Å². The largest absolute Gasteiger partial charge is 0.479 e. The number of thiazole rings is 1. The second-order valence-electron chi connectivity index (χ2n) is 8.84. The molecule has 1 unspecified atom stereocenters. The van der Waals surface area contributed by atoms with Gasteiger partial charge in [0, 0.05) is 17.0 Å². The Morgan fingerprint density at radius 3 is 2.62 bits per heavy atom. The molecule has 0 radical (unpaired) electrons. The van der Waals surface area contributed by atoms with Crippen LogP contribution in [0.15, 0.2) is 71.3 Å². The molecule has 0 aliphatic heterocycles. The van der Waals surface area contributed by atoms with Crippen molar-refractivity contribution in [3.8, 4) is 10.6 Å². The number of furan rings is 1. The summed E-state index contributed by atoms with van der Waals surface area (Å²) < 4.78 is 11.5. The van der Waals surface area contributed by atoms with E-state index in [4.69, 9.17) is 20.8 Å². The third kappa shape index (κ3) is 5.93. The standard InChI is InChI=1S/C28H27ClN2O5S/c1-17(2)36-28(27(33)34,15-21-10-7-13-35-21)20-9-6-8-19(14-20)16-30-25(32)24-18(3)37-26(31-24)22-11-4-5-12-23(22)29/h4-14,17H,15-16H2,1-3H3,(H,30,32)(H,33,34). The highest BCUT2D eigenvalue weighted by Crippen LogP contribution is 2.34. The molecule has 4 aromatic rings. The molecule has 0 aliphatic carbocycles. The molecule has 2 aromatic carbocycles. The van der Waals surface area contributed by atoms with Gasteiger partial charge in [0.2, 0.25) is 0 Å². The number of rotatable bonds is 10. The summed E-state index contributed by atoms with van der Waals surface area (Å²) in [4.78, 5) is 30.9. The predicted octanol–water partition coefficient (Wildman–Crippen LogP) is 6.24. The first-order valence-electron chi connectivity index (χ1n) is 11.7. The minimum absolute atomic E-state index is 0.0200. The molecule has 0 aliphatic rings. The molecule has 9 heteroatoms. The lowest BCUT2D eigenvalue weighted by molar-refractivity contribution is -0.174. The molecule has 37 heavy (non-hydrogen) atoms. The number of carboxylic acid groups (broad SMARTS) is 1. The van der Waals surface area contributed by atoms with E-state index in [0.29, 0.717) is 27.0 Å². The summed E-state index contributed by atoms with van der Waals surface area (Å²) >= 11 is 7.70. The molecule has 0 saturated heterocycles. The molecule has 1 atom stereocenters. The van der Waals surface area contributed by atoms with Crippen molar-refractivity contribution < 1.29 is 23.8 Å². The number of carboxylic acids is 1. The maximum absolute atomic E-state index is 13.0. The lowest BCUT2D eigenvalue weighted by Gasteiger charge is -2.32. The minimum Gasteiger partial charge on any atom is -0.479 e. The molecular weight excluding hydrogens is 512 g/mol. The Hall–Kier alpha value is -3.46. The molecule has 0 bridgehead atoms. The zero-order chi connectivity index (χ0) is 26.6. The van der Waals surface area contributed by atoms with E-state index in [9.17, 15) is 14.7 Å². The molecule has 0 fully saturated rings. The first-order valence-corrected chi connectivity index (χ1v) is 12.9. The average molecular weight is 539 g/mol. The number of amides is 1. The molecule has 2 N–H and O–H groups in total. The van der Waals surface area contributed by atoms with Crippen molar-refractivity contribution in [3.63, 3.8) is 0 Å². The van der Waals surface area contributed by atoms with E-state index < -0.39 is 11.6 Å². The Morgan fingerprint density at radius 2 is 1.95 bits per heavy atom. The Bertz CT molecular complexity index is 1400. The fourth-order valence-electron chi connectivity index (χ4n) is 4.08. The number of nitrogens with one attached hydrogen (secondary N) is 1. The van der Waals surface area contributed by atoms with Gasteiger partial charge in [-0.25, -0.2) is 9.78 Å². The molecule has 192 valence electrons. The summed E-state index contributed by atoms with van der Waals surface area (Å²) in [6.45, 7) is 5.60. The van der Waals surface area contributed by atoms with Gasteiger partial charge in [0.15, 0.2) is 5.60 Å². The smallest absolute Gasteiger partial charge is 0.341 e. The highest BCUT2D eigenvalue weighted by atomic mass is 35.5. The summed E-state index contributed by atoms with van der Waals surface area (Å²) in [7, 11) is 0. The Labute approximate surface area is 224 Å². The Kier molecular flexibility index (Phi) is 8.12. The predicted molar refractivity (Wildman–Crippen MR) is 143 cm³/mol. The fraction of sp³-hybridized carbons (Fsp3) is 0.250. The molecule has 4 rings (SSSR count). The maximum atomic E-state index is 13.0. The number of hydrogen-bond acceptors (Lipinski definition) is 6. The van der Waals surface area contributed by atoms with E-state index >= 15 is 0 Å². The van der Waals surface area contributed by atoms with Crippen molar-refractivity contribution in [2.75, 3.05) is 0 Å². The lowest BCUT2D eigenvalue weighted by Crippen LogP contribution is -2.43. The third-order valence-electron chi connectivity index (χ3n) is 5.75. The van der Waals surface area contributed by atoms with Crippen molar-refractivity contribution in [1.29, 1.82) is 0 Å². The van der Waals surface area contributed by atoms with Crippen LogP contribution < -0.4 is 5.32 Å².